The SMILES string of the molecule is O=C1O[C@H](CO)[C@@H](O)[C@@H]2OC(=O)c3c(c(O)c(O)c(O)c3-c3c(O)c(O)c(O)c4c3C(=O)O[C@H]2[C@@H]4c2c(O)cc(O)c3c2O[C@H](c2ccc(O)c(O)c2)[C@@H](O)C3)-c2c1cc(O)c(O)c2O. The van der Waals surface area contributed by atoms with Gasteiger partial charge in [0.1, 0.15) is 29.5 Å². The molecule has 0 aromatic heterocycles. The van der Waals surface area contributed by atoms with E-state index in [0.717, 1.165) is 12.1 Å². The lowest BCUT2D eigenvalue weighted by Crippen LogP contribution is -2.54. The molecule has 9 rings (SSSR count). The van der Waals surface area contributed by atoms with Crippen molar-refractivity contribution in [3.8, 4) is 103 Å². The fourth-order valence-electron chi connectivity index (χ4n) is 8.92. The minimum atomic E-state index is -2.61. The molecule has 4 bridgehead atoms. The van der Waals surface area contributed by atoms with E-state index >= 15 is 0 Å². The number of phenolic OH excluding ortho intramolecular Hbond substituents is 13. The third-order valence-corrected chi connectivity index (χ3v) is 11.9. The number of phenols is 13. The first-order chi connectivity index (χ1) is 30.7. The van der Waals surface area contributed by atoms with Crippen molar-refractivity contribution in [3.63, 3.8) is 0 Å². The second-order valence-corrected chi connectivity index (χ2v) is 15.4. The van der Waals surface area contributed by atoms with Gasteiger partial charge in [0.2, 0.25) is 17.2 Å². The average Bonchev–Trinajstić information content (AvgIpc) is 3.27. The summed E-state index contributed by atoms with van der Waals surface area (Å²) in [7, 11) is 0. The number of rotatable bonds is 3. The lowest BCUT2D eigenvalue weighted by molar-refractivity contribution is -0.130. The van der Waals surface area contributed by atoms with Crippen LogP contribution in [0.25, 0.3) is 22.3 Å². The van der Waals surface area contributed by atoms with Crippen LogP contribution in [0.3, 0.4) is 0 Å². The summed E-state index contributed by atoms with van der Waals surface area (Å²) >= 11 is 0. The maximum atomic E-state index is 14.9. The van der Waals surface area contributed by atoms with E-state index in [1.54, 1.807) is 0 Å². The first kappa shape index (κ1) is 41.9. The molecule has 0 fully saturated rings. The zero-order chi connectivity index (χ0) is 47.0. The molecule has 4 aliphatic heterocycles. The van der Waals surface area contributed by atoms with Crippen LogP contribution in [0.4, 0.5) is 0 Å². The molecule has 5 aromatic rings. The molecule has 0 unspecified atom stereocenters. The largest absolute Gasteiger partial charge is 0.507 e. The number of aliphatic hydroxyl groups is 3. The van der Waals surface area contributed by atoms with E-state index in [1.807, 2.05) is 0 Å². The van der Waals surface area contributed by atoms with Gasteiger partial charge in [-0.15, -0.1) is 0 Å². The number of benzene rings is 5. The van der Waals surface area contributed by atoms with Crippen LogP contribution >= 0.6 is 0 Å². The highest BCUT2D eigenvalue weighted by Gasteiger charge is 2.55. The Bertz CT molecular complexity index is 2980. The minimum Gasteiger partial charge on any atom is -0.507 e. The summed E-state index contributed by atoms with van der Waals surface area (Å²) in [6.45, 7) is -1.38. The first-order valence-electron chi connectivity index (χ1n) is 19.0. The highest BCUT2D eigenvalue weighted by molar-refractivity contribution is 6.16. The predicted molar refractivity (Wildman–Crippen MR) is 207 cm³/mol. The fourth-order valence-corrected chi connectivity index (χ4v) is 8.92. The Morgan fingerprint density at radius 1 is 0.492 bits per heavy atom. The van der Waals surface area contributed by atoms with Crippen LogP contribution in [-0.2, 0) is 20.6 Å². The summed E-state index contributed by atoms with van der Waals surface area (Å²) in [4.78, 5) is 43.5. The van der Waals surface area contributed by atoms with Gasteiger partial charge in [0.15, 0.2) is 64.3 Å². The first-order valence-corrected chi connectivity index (χ1v) is 19.0. The van der Waals surface area contributed by atoms with E-state index in [0.29, 0.717) is 12.1 Å². The fraction of sp³-hybridized carbons (Fsp3) is 0.214. The van der Waals surface area contributed by atoms with Gasteiger partial charge in [-0.25, -0.2) is 14.4 Å². The number of fused-ring (bicyclic) bond motifs is 9. The van der Waals surface area contributed by atoms with Gasteiger partial charge < -0.3 is 101 Å². The molecule has 0 aliphatic carbocycles. The number of hydrogen-bond acceptors (Lipinski definition) is 23. The Labute approximate surface area is 360 Å². The van der Waals surface area contributed by atoms with Crippen molar-refractivity contribution in [1.29, 1.82) is 0 Å². The number of ether oxygens (including phenoxy) is 4. The van der Waals surface area contributed by atoms with Crippen molar-refractivity contribution in [2.24, 2.45) is 0 Å². The van der Waals surface area contributed by atoms with Gasteiger partial charge in [0.05, 0.1) is 35.3 Å². The van der Waals surface area contributed by atoms with E-state index in [-0.39, 0.29) is 11.1 Å². The zero-order valence-electron chi connectivity index (χ0n) is 32.4. The molecule has 16 N–H and O–H groups in total. The van der Waals surface area contributed by atoms with Crippen LogP contribution in [0.1, 0.15) is 65.3 Å². The molecule has 23 nitrogen and oxygen atoms in total. The van der Waals surface area contributed by atoms with Crippen molar-refractivity contribution < 1.29 is 115 Å². The van der Waals surface area contributed by atoms with Crippen molar-refractivity contribution in [2.75, 3.05) is 6.61 Å². The standard InChI is InChI=1S/C42H32O23/c43-7-17-28(51)39-38-24(19-14(47)6-12(45)9-4-16(49)36(63-37(9)19)8-1-2-11(44)13(46)3-8)23-26(41(60)64-38)22(32(55)35(58)33(23)56)21-25(42(61)65-39)20(30(53)34(57)31(21)54)18-10(40(59)62-17)5-15(48)27(50)29(18)52/h1-3,5-6,16-17,24,28,36,38-39,43-58H,4,7H2/t16-,17+,24+,28+,36+,38-,39-/m0/s1. The molecular formula is C42H32O23. The molecule has 338 valence electrons. The second-order valence-electron chi connectivity index (χ2n) is 15.4. The van der Waals surface area contributed by atoms with Gasteiger partial charge in [-0.3, -0.25) is 0 Å². The monoisotopic (exact) mass is 904 g/mol. The Balaban J connectivity index is 1.46. The van der Waals surface area contributed by atoms with E-state index in [1.165, 1.54) is 6.07 Å². The van der Waals surface area contributed by atoms with E-state index in [4.69, 9.17) is 18.9 Å². The van der Waals surface area contributed by atoms with Crippen molar-refractivity contribution in [1.82, 2.24) is 0 Å². The van der Waals surface area contributed by atoms with E-state index in [2.05, 4.69) is 0 Å². The summed E-state index contributed by atoms with van der Waals surface area (Å²) in [5, 5.41) is 179. The molecule has 0 spiro atoms. The number of carbonyl (C=O) groups is 3. The number of esters is 3. The smallest absolute Gasteiger partial charge is 0.340 e. The summed E-state index contributed by atoms with van der Waals surface area (Å²) in [6, 6.07) is 4.40. The molecule has 23 heteroatoms. The predicted octanol–water partition coefficient (Wildman–Crippen LogP) is 1.33. The second kappa shape index (κ2) is 14.3. The molecule has 4 aliphatic rings. The molecule has 0 radical (unpaired) electrons. The summed E-state index contributed by atoms with van der Waals surface area (Å²) in [5.74, 6) is -24.6. The van der Waals surface area contributed by atoms with Crippen LogP contribution < -0.4 is 4.74 Å². The van der Waals surface area contributed by atoms with Crippen LogP contribution in [0.15, 0.2) is 30.3 Å². The number of hydrogen-bond donors (Lipinski definition) is 16. The number of cyclic esters (lactones) is 1. The quantitative estimate of drug-likeness (QED) is 0.0690. The highest BCUT2D eigenvalue weighted by atomic mass is 16.6. The van der Waals surface area contributed by atoms with Crippen LogP contribution in [0, 0.1) is 0 Å². The number of aromatic hydroxyl groups is 13. The third-order valence-electron chi connectivity index (χ3n) is 11.9. The summed E-state index contributed by atoms with van der Waals surface area (Å²) < 4.78 is 23.1. The molecule has 0 saturated heterocycles. The van der Waals surface area contributed by atoms with Gasteiger partial charge in [-0.2, -0.15) is 0 Å². The molecular weight excluding hydrogens is 872 g/mol. The Morgan fingerprint density at radius 3 is 1.72 bits per heavy atom. The van der Waals surface area contributed by atoms with Gasteiger partial charge in [0.25, 0.3) is 0 Å². The number of aliphatic hydroxyl groups excluding tert-OH is 3. The maximum Gasteiger partial charge on any atom is 0.340 e. The summed E-state index contributed by atoms with van der Waals surface area (Å²) in [6.07, 6.45) is -13.5. The molecule has 0 saturated carbocycles. The Morgan fingerprint density at radius 2 is 1.08 bits per heavy atom. The molecule has 4 heterocycles. The molecule has 0 amide bonds. The lowest BCUT2D eigenvalue weighted by atomic mass is 9.73. The van der Waals surface area contributed by atoms with Gasteiger partial charge >= 0.3 is 17.9 Å². The van der Waals surface area contributed by atoms with Gasteiger partial charge in [0, 0.05) is 51.4 Å². The average molecular weight is 905 g/mol. The van der Waals surface area contributed by atoms with E-state index in [9.17, 15) is 96.1 Å². The highest BCUT2D eigenvalue weighted by Crippen LogP contribution is 2.64. The van der Waals surface area contributed by atoms with Gasteiger partial charge in [-0.05, 0) is 23.8 Å². The minimum absolute atomic E-state index is 0.0127. The van der Waals surface area contributed by atoms with Gasteiger partial charge in [-0.1, -0.05) is 6.07 Å². The lowest BCUT2D eigenvalue weighted by Gasteiger charge is -2.43. The number of carbonyl (C=O) groups excluding carboxylic acids is 3. The van der Waals surface area contributed by atoms with Crippen molar-refractivity contribution in [3.05, 3.63) is 69.3 Å². The van der Waals surface area contributed by atoms with E-state index < -0.39 is 204 Å². The third kappa shape index (κ3) is 5.75. The Hall–Kier alpha value is -8.41. The normalized spacial score (nSPS) is 23.0. The van der Waals surface area contributed by atoms with Crippen LogP contribution in [0.5, 0.6) is 80.5 Å². The molecule has 7 atom stereocenters. The summed E-state index contributed by atoms with van der Waals surface area (Å²) in [5.41, 5.74) is -10.4. The zero-order valence-corrected chi connectivity index (χ0v) is 32.4. The van der Waals surface area contributed by atoms with Crippen molar-refractivity contribution in [2.45, 2.75) is 49.0 Å². The Kier molecular flexibility index (Phi) is 9.23. The van der Waals surface area contributed by atoms with Crippen molar-refractivity contribution >= 4 is 17.9 Å². The van der Waals surface area contributed by atoms with Crippen LogP contribution in [0.2, 0.25) is 0 Å². The topological polar surface area (TPSA) is 412 Å². The van der Waals surface area contributed by atoms with Crippen LogP contribution in [-0.4, -0.2) is 137 Å². The molecule has 5 aromatic carbocycles. The maximum absolute atomic E-state index is 14.9. The molecule has 65 heavy (non-hydrogen) atoms.